The minimum Gasteiger partial charge on any atom is -0.493 e. The molecule has 0 aliphatic heterocycles. The van der Waals surface area contributed by atoms with Crippen molar-refractivity contribution in [3.63, 3.8) is 0 Å². The van der Waals surface area contributed by atoms with E-state index in [0.29, 0.717) is 12.0 Å². The van der Waals surface area contributed by atoms with Crippen LogP contribution in [0.1, 0.15) is 45.1 Å². The molecule has 0 radical (unpaired) electrons. The highest BCUT2D eigenvalue weighted by Crippen LogP contribution is 2.37. The van der Waals surface area contributed by atoms with Crippen LogP contribution in [0.5, 0.6) is 11.5 Å². The zero-order valence-corrected chi connectivity index (χ0v) is 14.8. The molecule has 0 aromatic heterocycles. The Kier molecular flexibility index (Phi) is 6.37. The van der Waals surface area contributed by atoms with Gasteiger partial charge in [0.05, 0.1) is 18.2 Å². The van der Waals surface area contributed by atoms with Crippen LogP contribution in [0.2, 0.25) is 0 Å². The lowest BCUT2D eigenvalue weighted by molar-refractivity contribution is 0.239. The maximum Gasteiger partial charge on any atom is 0.175 e. The normalized spacial score (nSPS) is 15.7. The van der Waals surface area contributed by atoms with Crippen molar-refractivity contribution in [2.75, 3.05) is 13.7 Å². The molecule has 3 nitrogen and oxygen atoms in total. The van der Waals surface area contributed by atoms with Gasteiger partial charge in [-0.25, -0.2) is 0 Å². The average molecular weight is 356 g/mol. The SMILES string of the molecule is COc1cc(CNC(C)C)cc(Br)c1OCC1CCCC1. The molecular formula is C17H26BrNO2. The van der Waals surface area contributed by atoms with Crippen molar-refractivity contribution in [2.24, 2.45) is 5.92 Å². The van der Waals surface area contributed by atoms with Crippen LogP contribution in [0.4, 0.5) is 0 Å². The van der Waals surface area contributed by atoms with E-state index in [2.05, 4.69) is 47.2 Å². The standard InChI is InChI=1S/C17H26BrNO2/c1-12(2)19-10-14-8-15(18)17(16(9-14)20-3)21-11-13-6-4-5-7-13/h8-9,12-13,19H,4-7,10-11H2,1-3H3. The Balaban J connectivity index is 2.05. The van der Waals surface area contributed by atoms with E-state index in [0.717, 1.165) is 29.1 Å². The molecule has 0 spiro atoms. The number of rotatable bonds is 7. The molecule has 4 heteroatoms. The van der Waals surface area contributed by atoms with Gasteiger partial charge >= 0.3 is 0 Å². The predicted molar refractivity (Wildman–Crippen MR) is 90.1 cm³/mol. The van der Waals surface area contributed by atoms with Gasteiger partial charge in [0.1, 0.15) is 0 Å². The number of halogens is 1. The number of ether oxygens (including phenoxy) is 2. The molecule has 1 N–H and O–H groups in total. The molecule has 1 aromatic carbocycles. The average Bonchev–Trinajstić information content (AvgIpc) is 2.96. The first kappa shape index (κ1) is 16.6. The van der Waals surface area contributed by atoms with Crippen LogP contribution in [-0.4, -0.2) is 19.8 Å². The fourth-order valence-electron chi connectivity index (χ4n) is 2.72. The number of hydrogen-bond acceptors (Lipinski definition) is 3. The minimum atomic E-state index is 0.466. The summed E-state index contributed by atoms with van der Waals surface area (Å²) in [6.07, 6.45) is 5.25. The van der Waals surface area contributed by atoms with Crippen molar-refractivity contribution in [2.45, 2.75) is 52.1 Å². The summed E-state index contributed by atoms with van der Waals surface area (Å²) < 4.78 is 12.5. The number of nitrogens with one attached hydrogen (secondary N) is 1. The second-order valence-corrected chi connectivity index (χ2v) is 6.96. The molecule has 2 rings (SSSR count). The largest absolute Gasteiger partial charge is 0.493 e. The molecule has 0 bridgehead atoms. The summed E-state index contributed by atoms with van der Waals surface area (Å²) in [6, 6.07) is 4.64. The maximum absolute atomic E-state index is 6.03. The maximum atomic E-state index is 6.03. The van der Waals surface area contributed by atoms with Gasteiger partial charge in [0.2, 0.25) is 0 Å². The van der Waals surface area contributed by atoms with Crippen molar-refractivity contribution >= 4 is 15.9 Å². The zero-order chi connectivity index (χ0) is 15.2. The van der Waals surface area contributed by atoms with Gasteiger partial charge in [-0.1, -0.05) is 26.7 Å². The Morgan fingerprint density at radius 3 is 2.62 bits per heavy atom. The van der Waals surface area contributed by atoms with Crippen molar-refractivity contribution in [3.05, 3.63) is 22.2 Å². The third kappa shape index (κ3) is 4.89. The highest BCUT2D eigenvalue weighted by Gasteiger charge is 2.18. The Morgan fingerprint density at radius 2 is 2.00 bits per heavy atom. The lowest BCUT2D eigenvalue weighted by Crippen LogP contribution is -2.21. The number of methoxy groups -OCH3 is 1. The van der Waals surface area contributed by atoms with Crippen LogP contribution in [0, 0.1) is 5.92 Å². The van der Waals surface area contributed by atoms with Gasteiger partial charge in [-0.05, 0) is 52.4 Å². The van der Waals surface area contributed by atoms with E-state index in [1.165, 1.54) is 31.2 Å². The molecule has 0 heterocycles. The molecule has 0 unspecified atom stereocenters. The Bertz CT molecular complexity index is 456. The summed E-state index contributed by atoms with van der Waals surface area (Å²) in [6.45, 7) is 5.91. The molecule has 1 aromatic rings. The predicted octanol–water partition coefficient (Wildman–Crippen LogP) is 4.52. The van der Waals surface area contributed by atoms with Gasteiger partial charge in [-0.15, -0.1) is 0 Å². The molecular weight excluding hydrogens is 330 g/mol. The van der Waals surface area contributed by atoms with Crippen LogP contribution < -0.4 is 14.8 Å². The van der Waals surface area contributed by atoms with E-state index in [-0.39, 0.29) is 0 Å². The number of benzene rings is 1. The molecule has 1 saturated carbocycles. The lowest BCUT2D eigenvalue weighted by atomic mass is 10.1. The van der Waals surface area contributed by atoms with E-state index in [1.54, 1.807) is 7.11 Å². The van der Waals surface area contributed by atoms with Crippen molar-refractivity contribution in [1.82, 2.24) is 5.32 Å². The summed E-state index contributed by atoms with van der Waals surface area (Å²) in [4.78, 5) is 0. The third-order valence-corrected chi connectivity index (χ3v) is 4.53. The fourth-order valence-corrected chi connectivity index (χ4v) is 3.32. The molecule has 1 aliphatic carbocycles. The Labute approximate surface area is 136 Å². The van der Waals surface area contributed by atoms with Gasteiger partial charge in [0, 0.05) is 12.6 Å². The van der Waals surface area contributed by atoms with Crippen LogP contribution in [0.3, 0.4) is 0 Å². The molecule has 0 atom stereocenters. The monoisotopic (exact) mass is 355 g/mol. The highest BCUT2D eigenvalue weighted by molar-refractivity contribution is 9.10. The van der Waals surface area contributed by atoms with Crippen molar-refractivity contribution in [3.8, 4) is 11.5 Å². The van der Waals surface area contributed by atoms with Gasteiger partial charge in [-0.2, -0.15) is 0 Å². The first-order chi connectivity index (χ1) is 10.1. The first-order valence-electron chi connectivity index (χ1n) is 7.82. The van der Waals surface area contributed by atoms with Crippen LogP contribution >= 0.6 is 15.9 Å². The Hall–Kier alpha value is -0.740. The summed E-state index contributed by atoms with van der Waals surface area (Å²) in [5.74, 6) is 2.34. The van der Waals surface area contributed by atoms with Crippen molar-refractivity contribution in [1.29, 1.82) is 0 Å². The van der Waals surface area contributed by atoms with E-state index in [4.69, 9.17) is 9.47 Å². The molecule has 118 valence electrons. The van der Waals surface area contributed by atoms with Crippen LogP contribution in [0.15, 0.2) is 16.6 Å². The minimum absolute atomic E-state index is 0.466. The van der Waals surface area contributed by atoms with E-state index < -0.39 is 0 Å². The van der Waals surface area contributed by atoms with Gasteiger partial charge in [0.25, 0.3) is 0 Å². The molecule has 1 aliphatic rings. The fraction of sp³-hybridized carbons (Fsp3) is 0.647. The van der Waals surface area contributed by atoms with Gasteiger partial charge in [0.15, 0.2) is 11.5 Å². The summed E-state index contributed by atoms with van der Waals surface area (Å²) in [5, 5.41) is 3.42. The number of hydrogen-bond donors (Lipinski definition) is 1. The highest BCUT2D eigenvalue weighted by atomic mass is 79.9. The molecule has 21 heavy (non-hydrogen) atoms. The third-order valence-electron chi connectivity index (χ3n) is 3.94. The second-order valence-electron chi connectivity index (χ2n) is 6.11. The zero-order valence-electron chi connectivity index (χ0n) is 13.2. The molecule has 0 saturated heterocycles. The molecule has 0 amide bonds. The second kappa shape index (κ2) is 8.04. The van der Waals surface area contributed by atoms with E-state index in [1.807, 2.05) is 0 Å². The summed E-state index contributed by atoms with van der Waals surface area (Å²) >= 11 is 3.62. The lowest BCUT2D eigenvalue weighted by Gasteiger charge is -2.17. The van der Waals surface area contributed by atoms with Gasteiger partial charge < -0.3 is 14.8 Å². The smallest absolute Gasteiger partial charge is 0.175 e. The quantitative estimate of drug-likeness (QED) is 0.779. The van der Waals surface area contributed by atoms with Crippen molar-refractivity contribution < 1.29 is 9.47 Å². The van der Waals surface area contributed by atoms with Crippen LogP contribution in [0.25, 0.3) is 0 Å². The van der Waals surface area contributed by atoms with E-state index in [9.17, 15) is 0 Å². The molecule has 1 fully saturated rings. The van der Waals surface area contributed by atoms with Crippen LogP contribution in [-0.2, 0) is 6.54 Å². The topological polar surface area (TPSA) is 30.5 Å². The summed E-state index contributed by atoms with van der Waals surface area (Å²) in [5.41, 5.74) is 1.20. The summed E-state index contributed by atoms with van der Waals surface area (Å²) in [7, 11) is 1.70. The Morgan fingerprint density at radius 1 is 1.29 bits per heavy atom. The first-order valence-corrected chi connectivity index (χ1v) is 8.62. The van der Waals surface area contributed by atoms with Gasteiger partial charge in [-0.3, -0.25) is 0 Å². The van der Waals surface area contributed by atoms with E-state index >= 15 is 0 Å².